The number of carbonyl (C=O) groups is 1. The Balaban J connectivity index is 1.18. The van der Waals surface area contributed by atoms with Gasteiger partial charge in [0.15, 0.2) is 0 Å². The second-order valence-corrected chi connectivity index (χ2v) is 9.39. The molecule has 7 heteroatoms. The van der Waals surface area contributed by atoms with Crippen molar-refractivity contribution in [2.45, 2.75) is 31.7 Å². The van der Waals surface area contributed by atoms with Gasteiger partial charge in [0.25, 0.3) is 5.91 Å². The number of ether oxygens (including phenoxy) is 2. The largest absolute Gasteiger partial charge is 0.491 e. The Kier molecular flexibility index (Phi) is 6.64. The molecule has 1 amide bonds. The van der Waals surface area contributed by atoms with Crippen molar-refractivity contribution < 1.29 is 19.4 Å². The molecule has 3 aliphatic heterocycles. The Hall–Kier alpha value is -2.45. The van der Waals surface area contributed by atoms with E-state index in [2.05, 4.69) is 34.1 Å². The molecule has 1 saturated heterocycles. The maximum atomic E-state index is 13.2. The molecule has 2 aromatic carbocycles. The summed E-state index contributed by atoms with van der Waals surface area (Å²) in [6.45, 7) is 6.24. The zero-order valence-corrected chi connectivity index (χ0v) is 19.3. The highest BCUT2D eigenvalue weighted by atomic mass is 16.5. The molecule has 3 heterocycles. The summed E-state index contributed by atoms with van der Waals surface area (Å²) in [6, 6.07) is 14.3. The SMILES string of the molecule is COC1CN(Cc2ccc3c(c2)OCCN(C[C@H](O)CN2CCc4ccccc4C2)C3=O)C1. The molecule has 7 nitrogen and oxygen atoms in total. The number of carbonyl (C=O) groups excluding carboxylic acids is 1. The van der Waals surface area contributed by atoms with E-state index >= 15 is 0 Å². The zero-order valence-electron chi connectivity index (χ0n) is 19.3. The molecule has 5 rings (SSSR count). The number of β-amino-alcohol motifs (C(OH)–C–C–N with tert-alkyl or cyclic N) is 1. The first-order valence-corrected chi connectivity index (χ1v) is 11.9. The van der Waals surface area contributed by atoms with Crippen LogP contribution in [0.15, 0.2) is 42.5 Å². The highest BCUT2D eigenvalue weighted by Crippen LogP contribution is 2.27. The van der Waals surface area contributed by atoms with Gasteiger partial charge in [-0.15, -0.1) is 0 Å². The lowest BCUT2D eigenvalue weighted by molar-refractivity contribution is -0.0334. The van der Waals surface area contributed by atoms with Crippen molar-refractivity contribution in [3.63, 3.8) is 0 Å². The Labute approximate surface area is 195 Å². The van der Waals surface area contributed by atoms with Crippen molar-refractivity contribution >= 4 is 5.91 Å². The van der Waals surface area contributed by atoms with E-state index in [4.69, 9.17) is 9.47 Å². The van der Waals surface area contributed by atoms with Crippen molar-refractivity contribution in [2.75, 3.05) is 53.0 Å². The van der Waals surface area contributed by atoms with Gasteiger partial charge in [0.05, 0.1) is 24.3 Å². The number of amides is 1. The monoisotopic (exact) mass is 451 g/mol. The lowest BCUT2D eigenvalue weighted by Crippen LogP contribution is -2.50. The molecule has 1 N–H and O–H groups in total. The van der Waals surface area contributed by atoms with Crippen LogP contribution in [0, 0.1) is 0 Å². The van der Waals surface area contributed by atoms with Crippen LogP contribution in [0.3, 0.4) is 0 Å². The Morgan fingerprint density at radius 1 is 1.09 bits per heavy atom. The average Bonchev–Trinajstić information content (AvgIpc) is 2.94. The van der Waals surface area contributed by atoms with E-state index in [1.165, 1.54) is 11.1 Å². The molecule has 1 fully saturated rings. The predicted octanol–water partition coefficient (Wildman–Crippen LogP) is 1.77. The standard InChI is InChI=1S/C26H33N3O4/c1-32-23-17-28(18-23)13-19-6-7-24-25(12-19)33-11-10-29(26(24)31)16-22(30)15-27-9-8-20-4-2-3-5-21(20)14-27/h2-7,12,22-23,30H,8-11,13-18H2,1H3/t22-/m1/s1. The van der Waals surface area contributed by atoms with Crippen LogP contribution < -0.4 is 4.74 Å². The fraction of sp³-hybridized carbons (Fsp3) is 0.500. The minimum absolute atomic E-state index is 0.0690. The third-order valence-electron chi connectivity index (χ3n) is 6.96. The molecule has 0 saturated carbocycles. The van der Waals surface area contributed by atoms with E-state index in [-0.39, 0.29) is 5.91 Å². The number of aliphatic hydroxyl groups excluding tert-OH is 1. The fourth-order valence-corrected chi connectivity index (χ4v) is 5.05. The maximum absolute atomic E-state index is 13.2. The van der Waals surface area contributed by atoms with Crippen molar-refractivity contribution in [3.05, 3.63) is 64.7 Å². The van der Waals surface area contributed by atoms with Crippen LogP contribution in [0.4, 0.5) is 0 Å². The van der Waals surface area contributed by atoms with Crippen LogP contribution in [0.1, 0.15) is 27.0 Å². The van der Waals surface area contributed by atoms with Gasteiger partial charge in [-0.2, -0.15) is 0 Å². The fourth-order valence-electron chi connectivity index (χ4n) is 5.05. The minimum Gasteiger partial charge on any atom is -0.491 e. The van der Waals surface area contributed by atoms with Gasteiger partial charge in [0, 0.05) is 52.9 Å². The molecule has 3 aliphatic rings. The van der Waals surface area contributed by atoms with E-state index in [9.17, 15) is 9.90 Å². The van der Waals surface area contributed by atoms with Crippen LogP contribution in [0.2, 0.25) is 0 Å². The van der Waals surface area contributed by atoms with E-state index in [1.807, 2.05) is 18.2 Å². The minimum atomic E-state index is -0.597. The third-order valence-corrected chi connectivity index (χ3v) is 6.96. The summed E-state index contributed by atoms with van der Waals surface area (Å²) >= 11 is 0. The highest BCUT2D eigenvalue weighted by molar-refractivity contribution is 5.97. The van der Waals surface area contributed by atoms with E-state index in [0.717, 1.165) is 44.7 Å². The number of nitrogens with zero attached hydrogens (tertiary/aromatic N) is 3. The highest BCUT2D eigenvalue weighted by Gasteiger charge is 2.29. The van der Waals surface area contributed by atoms with Crippen molar-refractivity contribution in [1.29, 1.82) is 0 Å². The van der Waals surface area contributed by atoms with Crippen LogP contribution in [-0.2, 0) is 24.2 Å². The number of likely N-dealkylation sites (tertiary alicyclic amines) is 1. The predicted molar refractivity (Wildman–Crippen MR) is 125 cm³/mol. The first kappa shape index (κ1) is 22.3. The van der Waals surface area contributed by atoms with Gasteiger partial charge < -0.3 is 19.5 Å². The summed E-state index contributed by atoms with van der Waals surface area (Å²) in [5.74, 6) is 0.575. The molecule has 0 bridgehead atoms. The molecule has 0 radical (unpaired) electrons. The zero-order chi connectivity index (χ0) is 22.8. The first-order valence-electron chi connectivity index (χ1n) is 11.9. The molecule has 0 aliphatic carbocycles. The molecule has 0 spiro atoms. The van der Waals surface area contributed by atoms with Gasteiger partial charge in [-0.1, -0.05) is 30.3 Å². The number of aliphatic hydroxyl groups is 1. The molecule has 2 aromatic rings. The van der Waals surface area contributed by atoms with Gasteiger partial charge in [0.1, 0.15) is 12.4 Å². The van der Waals surface area contributed by atoms with E-state index in [1.54, 1.807) is 12.0 Å². The molecular weight excluding hydrogens is 418 g/mol. The van der Waals surface area contributed by atoms with E-state index < -0.39 is 6.10 Å². The number of rotatable bonds is 7. The summed E-state index contributed by atoms with van der Waals surface area (Å²) < 4.78 is 11.3. The summed E-state index contributed by atoms with van der Waals surface area (Å²) in [5.41, 5.74) is 4.44. The molecule has 176 valence electrons. The normalized spacial score (nSPS) is 20.4. The lowest BCUT2D eigenvalue weighted by Gasteiger charge is -2.38. The van der Waals surface area contributed by atoms with Gasteiger partial charge in [-0.05, 0) is 35.2 Å². The number of fused-ring (bicyclic) bond motifs is 2. The maximum Gasteiger partial charge on any atom is 0.257 e. The van der Waals surface area contributed by atoms with Gasteiger partial charge in [-0.25, -0.2) is 0 Å². The topological polar surface area (TPSA) is 65.5 Å². The Bertz CT molecular complexity index is 991. The summed E-state index contributed by atoms with van der Waals surface area (Å²) in [5, 5.41) is 10.8. The van der Waals surface area contributed by atoms with Crippen molar-refractivity contribution in [3.8, 4) is 5.75 Å². The quantitative estimate of drug-likeness (QED) is 0.692. The second kappa shape index (κ2) is 9.81. The smallest absolute Gasteiger partial charge is 0.257 e. The van der Waals surface area contributed by atoms with Gasteiger partial charge in [-0.3, -0.25) is 14.6 Å². The van der Waals surface area contributed by atoms with Crippen LogP contribution in [0.5, 0.6) is 5.75 Å². The summed E-state index contributed by atoms with van der Waals surface area (Å²) in [4.78, 5) is 19.5. The van der Waals surface area contributed by atoms with Gasteiger partial charge >= 0.3 is 0 Å². The second-order valence-electron chi connectivity index (χ2n) is 9.39. The number of methoxy groups -OCH3 is 1. The Morgan fingerprint density at radius 2 is 1.91 bits per heavy atom. The van der Waals surface area contributed by atoms with E-state index in [0.29, 0.717) is 43.7 Å². The summed E-state index contributed by atoms with van der Waals surface area (Å²) in [7, 11) is 1.75. The molecule has 1 atom stereocenters. The van der Waals surface area contributed by atoms with Crippen molar-refractivity contribution in [1.82, 2.24) is 14.7 Å². The van der Waals surface area contributed by atoms with Crippen molar-refractivity contribution in [2.24, 2.45) is 0 Å². The summed E-state index contributed by atoms with van der Waals surface area (Å²) in [6.07, 6.45) is 0.724. The van der Waals surface area contributed by atoms with Crippen LogP contribution in [0.25, 0.3) is 0 Å². The van der Waals surface area contributed by atoms with Crippen LogP contribution in [-0.4, -0.2) is 90.9 Å². The Morgan fingerprint density at radius 3 is 2.73 bits per heavy atom. The first-order chi connectivity index (χ1) is 16.1. The molecule has 0 aromatic heterocycles. The molecule has 0 unspecified atom stereocenters. The van der Waals surface area contributed by atoms with Crippen LogP contribution >= 0.6 is 0 Å². The third kappa shape index (κ3) is 5.06. The lowest BCUT2D eigenvalue weighted by atomic mass is 10.00. The molecular formula is C26H33N3O4. The number of hydrogen-bond acceptors (Lipinski definition) is 6. The number of benzene rings is 2. The average molecular weight is 452 g/mol. The molecule has 33 heavy (non-hydrogen) atoms. The number of hydrogen-bond donors (Lipinski definition) is 1. The van der Waals surface area contributed by atoms with Gasteiger partial charge in [0.2, 0.25) is 0 Å².